The lowest BCUT2D eigenvalue weighted by Gasteiger charge is -2.29. The first-order valence-electron chi connectivity index (χ1n) is 6.30. The number of ether oxygens (including phenoxy) is 1. The highest BCUT2D eigenvalue weighted by Gasteiger charge is 2.52. The Kier molecular flexibility index (Phi) is 3.62. The van der Waals surface area contributed by atoms with E-state index in [1.165, 1.54) is 12.3 Å². The van der Waals surface area contributed by atoms with E-state index >= 15 is 0 Å². The number of aromatic nitrogens is 2. The minimum atomic E-state index is -1.22. The minimum absolute atomic E-state index is 0.510. The first-order valence-corrected chi connectivity index (χ1v) is 6.30. The Morgan fingerprint density at radius 3 is 2.47 bits per heavy atom. The summed E-state index contributed by atoms with van der Waals surface area (Å²) in [7, 11) is 0. The third-order valence-corrected chi connectivity index (χ3v) is 3.83. The van der Waals surface area contributed by atoms with Gasteiger partial charge in [0.1, 0.15) is 12.2 Å². The molecule has 3 atom stereocenters. The van der Waals surface area contributed by atoms with Crippen LogP contribution in [0.3, 0.4) is 0 Å². The molecule has 0 amide bonds. The van der Waals surface area contributed by atoms with Crippen molar-refractivity contribution < 1.29 is 14.9 Å². The van der Waals surface area contributed by atoms with Crippen molar-refractivity contribution in [1.29, 1.82) is 0 Å². The molecule has 0 aliphatic carbocycles. The number of aromatic amines is 1. The van der Waals surface area contributed by atoms with Crippen LogP contribution in [0, 0.1) is 0 Å². The molecule has 0 bridgehead atoms. The summed E-state index contributed by atoms with van der Waals surface area (Å²) in [5.41, 5.74) is -2.07. The first kappa shape index (κ1) is 14.0. The van der Waals surface area contributed by atoms with Gasteiger partial charge in [-0.1, -0.05) is 13.8 Å². The molecule has 2 rings (SSSR count). The highest BCUT2D eigenvalue weighted by molar-refractivity contribution is 5.00. The van der Waals surface area contributed by atoms with Gasteiger partial charge in [-0.3, -0.25) is 14.3 Å². The van der Waals surface area contributed by atoms with Crippen LogP contribution in [-0.4, -0.2) is 37.6 Å². The van der Waals surface area contributed by atoms with Crippen molar-refractivity contribution in [3.63, 3.8) is 0 Å². The van der Waals surface area contributed by atoms with Gasteiger partial charge in [0.25, 0.3) is 5.56 Å². The molecule has 7 nitrogen and oxygen atoms in total. The van der Waals surface area contributed by atoms with Gasteiger partial charge in [0, 0.05) is 12.3 Å². The second kappa shape index (κ2) is 4.92. The number of rotatable bonds is 3. The largest absolute Gasteiger partial charge is 0.387 e. The summed E-state index contributed by atoms with van der Waals surface area (Å²) in [4.78, 5) is 24.8. The molecule has 1 aromatic rings. The molecule has 1 unspecified atom stereocenters. The average molecular weight is 270 g/mol. The van der Waals surface area contributed by atoms with Gasteiger partial charge in [-0.15, -0.1) is 0 Å². The van der Waals surface area contributed by atoms with E-state index < -0.39 is 35.3 Å². The molecule has 1 aliphatic heterocycles. The summed E-state index contributed by atoms with van der Waals surface area (Å²) in [6.45, 7) is 3.69. The predicted molar refractivity (Wildman–Crippen MR) is 66.8 cm³/mol. The zero-order valence-corrected chi connectivity index (χ0v) is 10.9. The number of hydrogen-bond acceptors (Lipinski definition) is 5. The molecule has 1 aromatic heterocycles. The number of H-pyrrole nitrogens is 1. The van der Waals surface area contributed by atoms with E-state index in [0.29, 0.717) is 12.8 Å². The van der Waals surface area contributed by atoms with Crippen LogP contribution in [0.4, 0.5) is 0 Å². The van der Waals surface area contributed by atoms with Gasteiger partial charge in [-0.25, -0.2) is 4.79 Å². The third kappa shape index (κ3) is 2.13. The van der Waals surface area contributed by atoms with E-state index in [4.69, 9.17) is 4.74 Å². The molecule has 1 aliphatic rings. The summed E-state index contributed by atoms with van der Waals surface area (Å²) in [5.74, 6) is 0. The van der Waals surface area contributed by atoms with Crippen LogP contribution in [0.2, 0.25) is 0 Å². The van der Waals surface area contributed by atoms with E-state index in [9.17, 15) is 19.8 Å². The monoisotopic (exact) mass is 270 g/mol. The fraction of sp³-hybridized carbons (Fsp3) is 0.667. The molecule has 19 heavy (non-hydrogen) atoms. The summed E-state index contributed by atoms with van der Waals surface area (Å²) in [6.07, 6.45) is -1.02. The van der Waals surface area contributed by atoms with Crippen molar-refractivity contribution in [3.05, 3.63) is 33.1 Å². The average Bonchev–Trinajstić information content (AvgIpc) is 2.64. The second-order valence-corrected chi connectivity index (χ2v) is 4.73. The van der Waals surface area contributed by atoms with Crippen LogP contribution in [0.15, 0.2) is 21.9 Å². The molecule has 0 saturated carbocycles. The van der Waals surface area contributed by atoms with Crippen LogP contribution in [0.25, 0.3) is 0 Å². The topological polar surface area (TPSA) is 105 Å². The lowest BCUT2D eigenvalue weighted by atomic mass is 9.90. The molecule has 1 saturated heterocycles. The van der Waals surface area contributed by atoms with Crippen molar-refractivity contribution in [2.75, 3.05) is 0 Å². The molecule has 7 heteroatoms. The van der Waals surface area contributed by atoms with Crippen LogP contribution in [0.1, 0.15) is 32.9 Å². The quantitative estimate of drug-likeness (QED) is 0.676. The Balaban J connectivity index is 2.42. The van der Waals surface area contributed by atoms with Gasteiger partial charge < -0.3 is 14.9 Å². The van der Waals surface area contributed by atoms with E-state index in [0.717, 1.165) is 4.57 Å². The number of aliphatic hydroxyl groups excluding tert-OH is 2. The number of nitrogens with zero attached hydrogens (tertiary/aromatic N) is 1. The Labute approximate surface area is 109 Å². The lowest BCUT2D eigenvalue weighted by molar-refractivity contribution is -0.109. The number of aliphatic hydroxyl groups is 2. The summed E-state index contributed by atoms with van der Waals surface area (Å²) < 4.78 is 6.81. The van der Waals surface area contributed by atoms with Crippen molar-refractivity contribution in [2.45, 2.75) is 50.7 Å². The molecule has 2 heterocycles. The van der Waals surface area contributed by atoms with Crippen molar-refractivity contribution >= 4 is 0 Å². The van der Waals surface area contributed by atoms with Crippen molar-refractivity contribution in [2.24, 2.45) is 0 Å². The molecule has 0 aromatic carbocycles. The van der Waals surface area contributed by atoms with Gasteiger partial charge in [0.2, 0.25) is 0 Å². The van der Waals surface area contributed by atoms with E-state index in [1.807, 2.05) is 13.8 Å². The molecule has 0 spiro atoms. The second-order valence-electron chi connectivity index (χ2n) is 4.73. The first-order chi connectivity index (χ1) is 8.95. The van der Waals surface area contributed by atoms with Gasteiger partial charge in [-0.05, 0) is 12.8 Å². The van der Waals surface area contributed by atoms with Crippen LogP contribution >= 0.6 is 0 Å². The standard InChI is InChI=1S/C12H18N2O5/c1-3-12(4-2)9(17)8(16)10(19-12)14-6-5-7(15)13-11(14)18/h5-6,8-10,16-17H,3-4H2,1-2H3,(H,13,15,18)/t8-,9?,10+/m0/s1. The van der Waals surface area contributed by atoms with Crippen molar-refractivity contribution in [1.82, 2.24) is 9.55 Å². The zero-order chi connectivity index (χ0) is 14.2. The SMILES string of the molecule is CCC1(CC)O[C@@H](n2ccc(=O)[nH]c2=O)[C@@H](O)C1O. The fourth-order valence-electron chi connectivity index (χ4n) is 2.53. The van der Waals surface area contributed by atoms with E-state index in [1.54, 1.807) is 0 Å². The Hall–Kier alpha value is -1.44. The maximum atomic E-state index is 11.7. The normalized spacial score (nSPS) is 29.6. The highest BCUT2D eigenvalue weighted by Crippen LogP contribution is 2.40. The highest BCUT2D eigenvalue weighted by atomic mass is 16.6. The van der Waals surface area contributed by atoms with E-state index in [-0.39, 0.29) is 0 Å². The predicted octanol–water partition coefficient (Wildman–Crippen LogP) is -0.654. The lowest BCUT2D eigenvalue weighted by Crippen LogP contribution is -2.42. The third-order valence-electron chi connectivity index (χ3n) is 3.83. The molecule has 106 valence electrons. The number of hydrogen-bond donors (Lipinski definition) is 3. The van der Waals surface area contributed by atoms with Crippen molar-refractivity contribution in [3.8, 4) is 0 Å². The molecular weight excluding hydrogens is 252 g/mol. The Morgan fingerprint density at radius 2 is 2.00 bits per heavy atom. The summed E-state index contributed by atoms with van der Waals surface area (Å²) in [6, 6.07) is 1.17. The van der Waals surface area contributed by atoms with E-state index in [2.05, 4.69) is 4.98 Å². The Bertz CT molecular complexity index is 560. The summed E-state index contributed by atoms with van der Waals surface area (Å²) >= 11 is 0. The van der Waals surface area contributed by atoms with Gasteiger partial charge >= 0.3 is 5.69 Å². The van der Waals surface area contributed by atoms with Crippen LogP contribution in [-0.2, 0) is 4.74 Å². The van der Waals surface area contributed by atoms with Crippen LogP contribution < -0.4 is 11.2 Å². The molecule has 3 N–H and O–H groups in total. The molecular formula is C12H18N2O5. The van der Waals surface area contributed by atoms with Gasteiger partial charge in [0.05, 0.1) is 5.60 Å². The molecule has 1 fully saturated rings. The Morgan fingerprint density at radius 1 is 1.37 bits per heavy atom. The van der Waals surface area contributed by atoms with Gasteiger partial charge in [-0.2, -0.15) is 0 Å². The summed E-state index contributed by atoms with van der Waals surface area (Å²) in [5, 5.41) is 20.2. The maximum Gasteiger partial charge on any atom is 0.330 e. The minimum Gasteiger partial charge on any atom is -0.387 e. The molecule has 0 radical (unpaired) electrons. The van der Waals surface area contributed by atoms with Crippen LogP contribution in [0.5, 0.6) is 0 Å². The number of nitrogens with one attached hydrogen (secondary N) is 1. The fourth-order valence-corrected chi connectivity index (χ4v) is 2.53. The smallest absolute Gasteiger partial charge is 0.330 e. The zero-order valence-electron chi connectivity index (χ0n) is 10.9. The maximum absolute atomic E-state index is 11.7. The van der Waals surface area contributed by atoms with Gasteiger partial charge in [0.15, 0.2) is 6.23 Å².